The molecule has 1 aromatic heterocycles. The highest BCUT2D eigenvalue weighted by molar-refractivity contribution is 7.07. The Morgan fingerprint density at radius 2 is 1.92 bits per heavy atom. The molecule has 0 spiro atoms. The largest absolute Gasteiger partial charge is 0.142 e. The van der Waals surface area contributed by atoms with Crippen LogP contribution in [-0.4, -0.2) is 0 Å². The van der Waals surface area contributed by atoms with Crippen LogP contribution in [0.15, 0.2) is 35.7 Å². The molecule has 1 radical (unpaired) electrons. The fraction of sp³-hybridized carbons (Fsp3) is 0.0909. The van der Waals surface area contributed by atoms with Crippen molar-refractivity contribution < 1.29 is 0 Å². The van der Waals surface area contributed by atoms with Gasteiger partial charge >= 0.3 is 0 Å². The molecule has 0 saturated heterocycles. The lowest BCUT2D eigenvalue weighted by molar-refractivity contribution is 1.52. The monoisotopic (exact) mass is 173 g/mol. The Balaban J connectivity index is 2.51. The maximum absolute atomic E-state index is 3.21. The predicted octanol–water partition coefficient (Wildman–Crippen LogP) is 3.52. The zero-order valence-electron chi connectivity index (χ0n) is 6.87. The van der Waals surface area contributed by atoms with Gasteiger partial charge in [-0.05, 0) is 29.0 Å². The van der Waals surface area contributed by atoms with Gasteiger partial charge in [-0.2, -0.15) is 0 Å². The zero-order chi connectivity index (χ0) is 8.39. The number of rotatable bonds is 1. The SMILES string of the molecule is Cc1[c]scc1-c1ccccc1. The summed E-state index contributed by atoms with van der Waals surface area (Å²) in [4.78, 5) is 0. The molecular weight excluding hydrogens is 164 g/mol. The average molecular weight is 173 g/mol. The van der Waals surface area contributed by atoms with E-state index in [-0.39, 0.29) is 0 Å². The summed E-state index contributed by atoms with van der Waals surface area (Å²) in [5, 5.41) is 5.35. The van der Waals surface area contributed by atoms with E-state index in [1.807, 2.05) is 6.07 Å². The quantitative estimate of drug-likeness (QED) is 0.619. The minimum Gasteiger partial charge on any atom is -0.142 e. The highest BCUT2D eigenvalue weighted by Crippen LogP contribution is 2.25. The average Bonchev–Trinajstić information content (AvgIpc) is 2.53. The molecule has 0 aliphatic rings. The van der Waals surface area contributed by atoms with Gasteiger partial charge in [-0.25, -0.2) is 0 Å². The van der Waals surface area contributed by atoms with Crippen LogP contribution in [0.25, 0.3) is 11.1 Å². The smallest absolute Gasteiger partial charge is 0.0481 e. The Bertz CT molecular complexity index is 360. The molecule has 1 heterocycles. The molecule has 0 N–H and O–H groups in total. The summed E-state index contributed by atoms with van der Waals surface area (Å²) in [6, 6.07) is 10.4. The topological polar surface area (TPSA) is 0 Å². The molecule has 0 aliphatic heterocycles. The summed E-state index contributed by atoms with van der Waals surface area (Å²) in [5.41, 5.74) is 3.83. The van der Waals surface area contributed by atoms with Crippen LogP contribution in [0.3, 0.4) is 0 Å². The molecular formula is C11H9S. The summed E-state index contributed by atoms with van der Waals surface area (Å²) in [7, 11) is 0. The van der Waals surface area contributed by atoms with E-state index in [9.17, 15) is 0 Å². The lowest BCUT2D eigenvalue weighted by Crippen LogP contribution is -1.74. The van der Waals surface area contributed by atoms with Crippen LogP contribution in [0.5, 0.6) is 0 Å². The number of hydrogen-bond donors (Lipinski definition) is 0. The Kier molecular flexibility index (Phi) is 1.96. The van der Waals surface area contributed by atoms with E-state index >= 15 is 0 Å². The molecule has 0 amide bonds. The fourth-order valence-electron chi connectivity index (χ4n) is 1.22. The third kappa shape index (κ3) is 1.28. The third-order valence-corrected chi connectivity index (χ3v) is 2.66. The van der Waals surface area contributed by atoms with Crippen LogP contribution in [-0.2, 0) is 0 Å². The second kappa shape index (κ2) is 3.11. The van der Waals surface area contributed by atoms with Crippen molar-refractivity contribution >= 4 is 11.3 Å². The molecule has 1 aromatic carbocycles. The lowest BCUT2D eigenvalue weighted by atomic mass is 10.1. The first-order valence-electron chi connectivity index (χ1n) is 3.89. The standard InChI is InChI=1S/C11H9S/c1-9-7-12-8-11(9)10-5-3-2-4-6-10/h2-6,8H,1H3. The van der Waals surface area contributed by atoms with E-state index in [1.54, 1.807) is 11.3 Å². The third-order valence-electron chi connectivity index (χ3n) is 1.88. The number of hydrogen-bond acceptors (Lipinski definition) is 1. The van der Waals surface area contributed by atoms with Crippen LogP contribution in [0.2, 0.25) is 0 Å². The molecule has 0 bridgehead atoms. The first kappa shape index (κ1) is 7.56. The Morgan fingerprint density at radius 3 is 2.50 bits per heavy atom. The van der Waals surface area contributed by atoms with Crippen molar-refractivity contribution in [3.05, 3.63) is 46.7 Å². The van der Waals surface area contributed by atoms with Crippen LogP contribution in [0.4, 0.5) is 0 Å². The van der Waals surface area contributed by atoms with Gasteiger partial charge < -0.3 is 0 Å². The second-order valence-corrected chi connectivity index (χ2v) is 3.42. The summed E-state index contributed by atoms with van der Waals surface area (Å²) in [6.07, 6.45) is 0. The molecule has 1 heteroatoms. The van der Waals surface area contributed by atoms with Crippen molar-refractivity contribution in [3.8, 4) is 11.1 Å². The first-order chi connectivity index (χ1) is 5.88. The van der Waals surface area contributed by atoms with E-state index in [0.717, 1.165) is 0 Å². The van der Waals surface area contributed by atoms with Gasteiger partial charge in [0, 0.05) is 5.38 Å². The van der Waals surface area contributed by atoms with E-state index < -0.39 is 0 Å². The normalized spacial score (nSPS) is 10.1. The van der Waals surface area contributed by atoms with Gasteiger partial charge in [-0.1, -0.05) is 30.3 Å². The maximum Gasteiger partial charge on any atom is 0.0481 e. The highest BCUT2D eigenvalue weighted by Gasteiger charge is 2.00. The van der Waals surface area contributed by atoms with Gasteiger partial charge in [0.15, 0.2) is 0 Å². The summed E-state index contributed by atoms with van der Waals surface area (Å²) in [5.74, 6) is 0. The molecule has 2 rings (SSSR count). The Morgan fingerprint density at radius 1 is 1.17 bits per heavy atom. The molecule has 0 atom stereocenters. The van der Waals surface area contributed by atoms with E-state index in [0.29, 0.717) is 0 Å². The predicted molar refractivity (Wildman–Crippen MR) is 53.3 cm³/mol. The van der Waals surface area contributed by atoms with E-state index in [2.05, 4.69) is 41.9 Å². The fourth-order valence-corrected chi connectivity index (χ4v) is 2.00. The number of aryl methyl sites for hydroxylation is 1. The molecule has 0 fully saturated rings. The summed E-state index contributed by atoms with van der Waals surface area (Å²) >= 11 is 1.64. The van der Waals surface area contributed by atoms with Crippen LogP contribution in [0, 0.1) is 12.3 Å². The van der Waals surface area contributed by atoms with Gasteiger partial charge in [0.2, 0.25) is 0 Å². The molecule has 0 aliphatic carbocycles. The van der Waals surface area contributed by atoms with Crippen molar-refractivity contribution in [1.82, 2.24) is 0 Å². The zero-order valence-corrected chi connectivity index (χ0v) is 7.69. The van der Waals surface area contributed by atoms with Crippen molar-refractivity contribution in [1.29, 1.82) is 0 Å². The van der Waals surface area contributed by atoms with Crippen molar-refractivity contribution in [3.63, 3.8) is 0 Å². The van der Waals surface area contributed by atoms with Gasteiger partial charge in [0.1, 0.15) is 0 Å². The van der Waals surface area contributed by atoms with Crippen LogP contribution >= 0.6 is 11.3 Å². The number of thiophene rings is 1. The summed E-state index contributed by atoms with van der Waals surface area (Å²) < 4.78 is 0. The molecule has 0 nitrogen and oxygen atoms in total. The van der Waals surface area contributed by atoms with Gasteiger partial charge in [0.05, 0.1) is 0 Å². The van der Waals surface area contributed by atoms with Crippen molar-refractivity contribution in [2.75, 3.05) is 0 Å². The van der Waals surface area contributed by atoms with E-state index in [4.69, 9.17) is 0 Å². The minimum atomic E-state index is 1.24. The van der Waals surface area contributed by atoms with Crippen molar-refractivity contribution in [2.24, 2.45) is 0 Å². The highest BCUT2D eigenvalue weighted by atomic mass is 32.1. The Hall–Kier alpha value is -1.08. The van der Waals surface area contributed by atoms with Gasteiger partial charge in [-0.3, -0.25) is 0 Å². The Labute approximate surface area is 76.5 Å². The van der Waals surface area contributed by atoms with Gasteiger partial charge in [-0.15, -0.1) is 11.3 Å². The van der Waals surface area contributed by atoms with Crippen molar-refractivity contribution in [2.45, 2.75) is 6.92 Å². The minimum absolute atomic E-state index is 1.24. The molecule has 0 unspecified atom stereocenters. The second-order valence-electron chi connectivity index (χ2n) is 2.74. The van der Waals surface area contributed by atoms with Crippen LogP contribution in [0.1, 0.15) is 5.56 Å². The van der Waals surface area contributed by atoms with Gasteiger partial charge in [0.25, 0.3) is 0 Å². The van der Waals surface area contributed by atoms with Crippen LogP contribution < -0.4 is 0 Å². The molecule has 0 saturated carbocycles. The first-order valence-corrected chi connectivity index (χ1v) is 4.77. The molecule has 12 heavy (non-hydrogen) atoms. The maximum atomic E-state index is 3.21. The molecule has 2 aromatic rings. The van der Waals surface area contributed by atoms with E-state index in [1.165, 1.54) is 16.7 Å². The molecule has 59 valence electrons. The summed E-state index contributed by atoms with van der Waals surface area (Å²) in [6.45, 7) is 2.10. The number of benzene rings is 1. The lowest BCUT2D eigenvalue weighted by Gasteiger charge is -1.97.